The Morgan fingerprint density at radius 1 is 1.26 bits per heavy atom. The van der Waals surface area contributed by atoms with Crippen molar-refractivity contribution in [1.29, 1.82) is 0 Å². The zero-order chi connectivity index (χ0) is 13.7. The molecule has 2 rings (SSSR count). The zero-order valence-electron chi connectivity index (χ0n) is 11.5. The molecule has 1 unspecified atom stereocenters. The topological polar surface area (TPSA) is 37.3 Å². The number of aliphatic carboxylic acids is 1. The lowest BCUT2D eigenvalue weighted by molar-refractivity contribution is -0.137. The third kappa shape index (κ3) is 4.27. The van der Waals surface area contributed by atoms with E-state index in [0.29, 0.717) is 5.92 Å². The highest BCUT2D eigenvalue weighted by Gasteiger charge is 2.29. The van der Waals surface area contributed by atoms with Gasteiger partial charge in [-0.2, -0.15) is 0 Å². The van der Waals surface area contributed by atoms with Gasteiger partial charge in [-0.1, -0.05) is 43.4 Å². The lowest BCUT2D eigenvalue weighted by Crippen LogP contribution is -2.26. The fourth-order valence-electron chi connectivity index (χ4n) is 2.80. The van der Waals surface area contributed by atoms with Gasteiger partial charge in [0.1, 0.15) is 5.25 Å². The monoisotopic (exact) mass is 278 g/mol. The van der Waals surface area contributed by atoms with Crippen LogP contribution in [0.1, 0.15) is 44.1 Å². The number of aryl methyl sites for hydroxylation is 1. The van der Waals surface area contributed by atoms with Crippen LogP contribution >= 0.6 is 11.8 Å². The van der Waals surface area contributed by atoms with Gasteiger partial charge in [0.05, 0.1) is 0 Å². The van der Waals surface area contributed by atoms with Gasteiger partial charge in [-0.05, 0) is 37.8 Å². The second kappa shape index (κ2) is 6.99. The number of hydrogen-bond acceptors (Lipinski definition) is 2. The number of rotatable bonds is 4. The molecule has 2 nitrogen and oxygen atoms in total. The van der Waals surface area contributed by atoms with Gasteiger partial charge in [-0.15, -0.1) is 11.8 Å². The van der Waals surface area contributed by atoms with Crippen LogP contribution in [0.15, 0.2) is 29.2 Å². The van der Waals surface area contributed by atoms with E-state index < -0.39 is 5.97 Å². The molecule has 19 heavy (non-hydrogen) atoms. The van der Waals surface area contributed by atoms with E-state index in [0.717, 1.165) is 17.7 Å². The SMILES string of the molecule is Cc1cccc(SC(C(=O)O)C2CCCCCC2)c1. The second-order valence-electron chi connectivity index (χ2n) is 5.44. The highest BCUT2D eigenvalue weighted by Crippen LogP contribution is 2.35. The molecule has 104 valence electrons. The molecule has 0 aromatic heterocycles. The molecule has 1 aliphatic carbocycles. The fraction of sp³-hybridized carbons (Fsp3) is 0.562. The first-order valence-electron chi connectivity index (χ1n) is 7.13. The van der Waals surface area contributed by atoms with E-state index in [-0.39, 0.29) is 5.25 Å². The van der Waals surface area contributed by atoms with Crippen LogP contribution in [0.25, 0.3) is 0 Å². The van der Waals surface area contributed by atoms with E-state index in [1.54, 1.807) is 0 Å². The van der Waals surface area contributed by atoms with Gasteiger partial charge in [0, 0.05) is 4.90 Å². The van der Waals surface area contributed by atoms with Gasteiger partial charge in [-0.25, -0.2) is 0 Å². The number of carboxylic acids is 1. The van der Waals surface area contributed by atoms with Gasteiger partial charge in [0.15, 0.2) is 0 Å². The number of hydrogen-bond donors (Lipinski definition) is 1. The molecule has 0 aliphatic heterocycles. The minimum atomic E-state index is -0.654. The minimum Gasteiger partial charge on any atom is -0.480 e. The lowest BCUT2D eigenvalue weighted by atomic mass is 9.96. The van der Waals surface area contributed by atoms with Crippen LogP contribution in [0.3, 0.4) is 0 Å². The molecule has 0 heterocycles. The zero-order valence-corrected chi connectivity index (χ0v) is 12.3. The van der Waals surface area contributed by atoms with Crippen LogP contribution in [0.2, 0.25) is 0 Å². The summed E-state index contributed by atoms with van der Waals surface area (Å²) in [6.07, 6.45) is 7.02. The summed E-state index contributed by atoms with van der Waals surface area (Å²) in [5.74, 6) is -0.330. The van der Waals surface area contributed by atoms with Crippen LogP contribution in [0.4, 0.5) is 0 Å². The maximum atomic E-state index is 11.6. The van der Waals surface area contributed by atoms with Crippen molar-refractivity contribution in [3.05, 3.63) is 29.8 Å². The summed E-state index contributed by atoms with van der Waals surface area (Å²) in [6.45, 7) is 2.05. The first kappa shape index (κ1) is 14.4. The van der Waals surface area contributed by atoms with E-state index in [1.807, 2.05) is 25.1 Å². The molecular formula is C16H22O2S. The highest BCUT2D eigenvalue weighted by atomic mass is 32.2. The van der Waals surface area contributed by atoms with Crippen molar-refractivity contribution in [2.45, 2.75) is 55.6 Å². The number of thioether (sulfide) groups is 1. The Bertz CT molecular complexity index is 423. The highest BCUT2D eigenvalue weighted by molar-refractivity contribution is 8.00. The molecule has 3 heteroatoms. The summed E-state index contributed by atoms with van der Waals surface area (Å²) >= 11 is 1.53. The fourth-order valence-corrected chi connectivity index (χ4v) is 4.07. The molecule has 0 spiro atoms. The molecule has 0 saturated heterocycles. The summed E-state index contributed by atoms with van der Waals surface area (Å²) in [5.41, 5.74) is 1.19. The van der Waals surface area contributed by atoms with E-state index in [1.165, 1.54) is 43.0 Å². The molecule has 1 aromatic rings. The Balaban J connectivity index is 2.09. The number of carboxylic acid groups (broad SMARTS) is 1. The standard InChI is InChI=1S/C16H22O2S/c1-12-7-6-10-14(11-12)19-15(16(17)18)13-8-4-2-3-5-9-13/h6-7,10-11,13,15H,2-5,8-9H2,1H3,(H,17,18). The predicted octanol–water partition coefficient (Wildman–Crippen LogP) is 4.51. The molecule has 1 N–H and O–H groups in total. The van der Waals surface area contributed by atoms with Gasteiger partial charge in [0.25, 0.3) is 0 Å². The van der Waals surface area contributed by atoms with Crippen molar-refractivity contribution in [2.75, 3.05) is 0 Å². The van der Waals surface area contributed by atoms with Crippen LogP contribution < -0.4 is 0 Å². The van der Waals surface area contributed by atoms with Crippen LogP contribution in [-0.4, -0.2) is 16.3 Å². The Kier molecular flexibility index (Phi) is 5.32. The first-order valence-corrected chi connectivity index (χ1v) is 8.01. The third-order valence-corrected chi connectivity index (χ3v) is 5.19. The predicted molar refractivity (Wildman–Crippen MR) is 79.7 cm³/mol. The van der Waals surface area contributed by atoms with Gasteiger partial charge >= 0.3 is 5.97 Å². The van der Waals surface area contributed by atoms with Crippen molar-refractivity contribution >= 4 is 17.7 Å². The smallest absolute Gasteiger partial charge is 0.317 e. The number of benzene rings is 1. The Labute approximate surface area is 119 Å². The molecule has 0 bridgehead atoms. The van der Waals surface area contributed by atoms with E-state index in [9.17, 15) is 9.90 Å². The van der Waals surface area contributed by atoms with Crippen LogP contribution in [0, 0.1) is 12.8 Å². The van der Waals surface area contributed by atoms with Crippen molar-refractivity contribution in [3.8, 4) is 0 Å². The first-order chi connectivity index (χ1) is 9.16. The molecule has 1 aromatic carbocycles. The van der Waals surface area contributed by atoms with Crippen LogP contribution in [0.5, 0.6) is 0 Å². The van der Waals surface area contributed by atoms with Crippen molar-refractivity contribution in [1.82, 2.24) is 0 Å². The van der Waals surface area contributed by atoms with Crippen molar-refractivity contribution in [2.24, 2.45) is 5.92 Å². The summed E-state index contributed by atoms with van der Waals surface area (Å²) in [5, 5.41) is 9.24. The molecule has 0 radical (unpaired) electrons. The van der Waals surface area contributed by atoms with Gasteiger partial charge in [0.2, 0.25) is 0 Å². The van der Waals surface area contributed by atoms with E-state index >= 15 is 0 Å². The Morgan fingerprint density at radius 2 is 1.95 bits per heavy atom. The molecule has 1 fully saturated rings. The average molecular weight is 278 g/mol. The molecule has 0 amide bonds. The van der Waals surface area contributed by atoms with E-state index in [2.05, 4.69) is 6.07 Å². The Hall–Kier alpha value is -0.960. The largest absolute Gasteiger partial charge is 0.480 e. The summed E-state index contributed by atoms with van der Waals surface area (Å²) in [7, 11) is 0. The maximum Gasteiger partial charge on any atom is 0.317 e. The molecule has 1 saturated carbocycles. The summed E-state index contributed by atoms with van der Waals surface area (Å²) in [6, 6.07) is 8.15. The van der Waals surface area contributed by atoms with Crippen LogP contribution in [-0.2, 0) is 4.79 Å². The second-order valence-corrected chi connectivity index (χ2v) is 6.66. The lowest BCUT2D eigenvalue weighted by Gasteiger charge is -2.22. The Morgan fingerprint density at radius 3 is 2.53 bits per heavy atom. The quantitative estimate of drug-likeness (QED) is 0.650. The van der Waals surface area contributed by atoms with E-state index in [4.69, 9.17) is 0 Å². The van der Waals surface area contributed by atoms with Crippen molar-refractivity contribution < 1.29 is 9.90 Å². The maximum absolute atomic E-state index is 11.6. The average Bonchev–Trinajstić information content (AvgIpc) is 2.64. The summed E-state index contributed by atoms with van der Waals surface area (Å²) in [4.78, 5) is 12.7. The summed E-state index contributed by atoms with van der Waals surface area (Å²) < 4.78 is 0. The number of carbonyl (C=O) groups is 1. The minimum absolute atomic E-state index is 0.292. The van der Waals surface area contributed by atoms with Gasteiger partial charge < -0.3 is 5.11 Å². The molecule has 1 atom stereocenters. The molecule has 1 aliphatic rings. The van der Waals surface area contributed by atoms with Gasteiger partial charge in [-0.3, -0.25) is 4.79 Å². The third-order valence-electron chi connectivity index (χ3n) is 3.82. The molecular weight excluding hydrogens is 256 g/mol. The normalized spacial score (nSPS) is 18.8. The van der Waals surface area contributed by atoms with Crippen molar-refractivity contribution in [3.63, 3.8) is 0 Å².